The third-order valence-corrected chi connectivity index (χ3v) is 6.19. The predicted molar refractivity (Wildman–Crippen MR) is 124 cm³/mol. The lowest BCUT2D eigenvalue weighted by Crippen LogP contribution is -2.42. The first kappa shape index (κ1) is 20.5. The highest BCUT2D eigenvalue weighted by molar-refractivity contribution is 7.80. The summed E-state index contributed by atoms with van der Waals surface area (Å²) in [6.45, 7) is 4.53. The van der Waals surface area contributed by atoms with E-state index < -0.39 is 0 Å². The Morgan fingerprint density at radius 2 is 1.87 bits per heavy atom. The molecule has 0 atom stereocenters. The maximum absolute atomic E-state index is 13.2. The SMILES string of the molecule is Cc1cc(C)c2cc(CN(C(=S)Nc3ccc(F)cc3)C3CCCC3)c(=O)[nH]c2c1. The Hall–Kier alpha value is -2.73. The summed E-state index contributed by atoms with van der Waals surface area (Å²) in [4.78, 5) is 18.0. The molecule has 0 unspecified atom stereocenters. The summed E-state index contributed by atoms with van der Waals surface area (Å²) in [5.74, 6) is -0.285. The molecule has 1 aliphatic rings. The number of nitrogens with one attached hydrogen (secondary N) is 2. The number of anilines is 1. The van der Waals surface area contributed by atoms with Crippen LogP contribution in [0.4, 0.5) is 10.1 Å². The number of rotatable bonds is 4. The zero-order chi connectivity index (χ0) is 21.3. The van der Waals surface area contributed by atoms with Gasteiger partial charge in [-0.05, 0) is 86.4 Å². The second-order valence-electron chi connectivity index (χ2n) is 8.17. The van der Waals surface area contributed by atoms with Gasteiger partial charge in [0.05, 0.1) is 6.54 Å². The quantitative estimate of drug-likeness (QED) is 0.550. The van der Waals surface area contributed by atoms with Gasteiger partial charge in [0.2, 0.25) is 0 Å². The Morgan fingerprint density at radius 3 is 2.57 bits per heavy atom. The molecule has 4 nitrogen and oxygen atoms in total. The van der Waals surface area contributed by atoms with E-state index in [1.54, 1.807) is 12.1 Å². The average Bonchev–Trinajstić information content (AvgIpc) is 3.22. The van der Waals surface area contributed by atoms with Crippen molar-refractivity contribution in [2.45, 2.75) is 52.1 Å². The minimum atomic E-state index is -0.285. The Labute approximate surface area is 181 Å². The van der Waals surface area contributed by atoms with Gasteiger partial charge in [0.15, 0.2) is 5.11 Å². The van der Waals surface area contributed by atoms with E-state index in [-0.39, 0.29) is 11.4 Å². The largest absolute Gasteiger partial charge is 0.342 e. The van der Waals surface area contributed by atoms with Crippen molar-refractivity contribution < 1.29 is 4.39 Å². The van der Waals surface area contributed by atoms with Crippen LogP contribution in [0.2, 0.25) is 0 Å². The molecule has 2 aromatic carbocycles. The van der Waals surface area contributed by atoms with Gasteiger partial charge in [0.1, 0.15) is 5.82 Å². The van der Waals surface area contributed by atoms with E-state index in [0.29, 0.717) is 23.3 Å². The summed E-state index contributed by atoms with van der Waals surface area (Å²) in [5.41, 5.74) is 4.48. The molecule has 1 saturated carbocycles. The Kier molecular flexibility index (Phi) is 5.86. The molecule has 1 fully saturated rings. The van der Waals surface area contributed by atoms with E-state index in [2.05, 4.69) is 28.2 Å². The van der Waals surface area contributed by atoms with Crippen LogP contribution < -0.4 is 10.9 Å². The number of aromatic nitrogens is 1. The monoisotopic (exact) mass is 423 g/mol. The summed E-state index contributed by atoms with van der Waals surface area (Å²) in [6, 6.07) is 12.6. The van der Waals surface area contributed by atoms with E-state index in [1.165, 1.54) is 12.1 Å². The number of halogens is 1. The van der Waals surface area contributed by atoms with Gasteiger partial charge in [0, 0.05) is 28.2 Å². The van der Waals surface area contributed by atoms with Crippen LogP contribution >= 0.6 is 12.2 Å². The summed E-state index contributed by atoms with van der Waals surface area (Å²) in [5, 5.41) is 4.84. The molecular weight excluding hydrogens is 397 g/mol. The number of aryl methyl sites for hydroxylation is 2. The van der Waals surface area contributed by atoms with E-state index >= 15 is 0 Å². The van der Waals surface area contributed by atoms with Crippen LogP contribution in [0.15, 0.2) is 47.3 Å². The zero-order valence-electron chi connectivity index (χ0n) is 17.3. The van der Waals surface area contributed by atoms with Crippen LogP contribution in [0.5, 0.6) is 0 Å². The first-order valence-corrected chi connectivity index (χ1v) is 10.8. The number of hydrogen-bond acceptors (Lipinski definition) is 2. The molecule has 1 aliphatic carbocycles. The van der Waals surface area contributed by atoms with Crippen LogP contribution in [0, 0.1) is 19.7 Å². The van der Waals surface area contributed by atoms with E-state index in [4.69, 9.17) is 12.2 Å². The van der Waals surface area contributed by atoms with Gasteiger partial charge in [-0.1, -0.05) is 18.9 Å². The highest BCUT2D eigenvalue weighted by Gasteiger charge is 2.26. The van der Waals surface area contributed by atoms with Gasteiger partial charge in [0.25, 0.3) is 5.56 Å². The fourth-order valence-electron chi connectivity index (χ4n) is 4.33. The smallest absolute Gasteiger partial charge is 0.253 e. The number of pyridine rings is 1. The molecule has 6 heteroatoms. The lowest BCUT2D eigenvalue weighted by molar-refractivity contribution is 0.311. The van der Waals surface area contributed by atoms with Crippen molar-refractivity contribution in [2.24, 2.45) is 0 Å². The van der Waals surface area contributed by atoms with Gasteiger partial charge >= 0.3 is 0 Å². The van der Waals surface area contributed by atoms with Gasteiger partial charge < -0.3 is 15.2 Å². The Balaban J connectivity index is 1.65. The molecule has 156 valence electrons. The van der Waals surface area contributed by atoms with Crippen molar-refractivity contribution in [1.82, 2.24) is 9.88 Å². The second kappa shape index (κ2) is 8.56. The lowest BCUT2D eigenvalue weighted by Gasteiger charge is -2.31. The van der Waals surface area contributed by atoms with Crippen LogP contribution in [0.1, 0.15) is 42.4 Å². The number of aromatic amines is 1. The molecule has 0 saturated heterocycles. The van der Waals surface area contributed by atoms with Crippen molar-refractivity contribution in [3.63, 3.8) is 0 Å². The standard InChI is InChI=1S/C24H26FN3OS/c1-15-11-16(2)21-13-17(23(29)27-22(21)12-15)14-28(20-5-3-4-6-20)24(30)26-19-9-7-18(25)8-10-19/h7-13,20H,3-6,14H2,1-2H3,(H,26,30)(H,27,29). The third kappa shape index (κ3) is 4.38. The molecule has 3 aromatic rings. The minimum absolute atomic E-state index is 0.0833. The molecule has 4 rings (SSSR count). The van der Waals surface area contributed by atoms with Crippen molar-refractivity contribution in [3.05, 3.63) is 75.3 Å². The zero-order valence-corrected chi connectivity index (χ0v) is 18.1. The number of nitrogens with zero attached hydrogens (tertiary/aromatic N) is 1. The van der Waals surface area contributed by atoms with Gasteiger partial charge in [-0.2, -0.15) is 0 Å². The molecular formula is C24H26FN3OS. The summed E-state index contributed by atoms with van der Waals surface area (Å²) in [7, 11) is 0. The Bertz CT molecular complexity index is 1130. The van der Waals surface area contributed by atoms with Gasteiger partial charge in [-0.15, -0.1) is 0 Å². The molecule has 0 amide bonds. The number of benzene rings is 2. The molecule has 1 aromatic heterocycles. The van der Waals surface area contributed by atoms with Crippen LogP contribution in [0.3, 0.4) is 0 Å². The summed E-state index contributed by atoms with van der Waals surface area (Å²) in [6.07, 6.45) is 4.42. The summed E-state index contributed by atoms with van der Waals surface area (Å²) >= 11 is 5.72. The molecule has 30 heavy (non-hydrogen) atoms. The predicted octanol–water partition coefficient (Wildman–Crippen LogP) is 5.43. The molecule has 0 radical (unpaired) electrons. The van der Waals surface area contributed by atoms with Crippen LogP contribution in [-0.4, -0.2) is 21.0 Å². The van der Waals surface area contributed by atoms with Gasteiger partial charge in [-0.3, -0.25) is 4.79 Å². The highest BCUT2D eigenvalue weighted by atomic mass is 32.1. The maximum Gasteiger partial charge on any atom is 0.253 e. The maximum atomic E-state index is 13.2. The lowest BCUT2D eigenvalue weighted by atomic mass is 10.0. The number of fused-ring (bicyclic) bond motifs is 1. The van der Waals surface area contributed by atoms with Crippen molar-refractivity contribution in [1.29, 1.82) is 0 Å². The number of thiocarbonyl (C=S) groups is 1. The number of hydrogen-bond donors (Lipinski definition) is 2. The fourth-order valence-corrected chi connectivity index (χ4v) is 4.66. The van der Waals surface area contributed by atoms with Crippen molar-refractivity contribution >= 4 is 33.9 Å². The molecule has 2 N–H and O–H groups in total. The molecule has 0 aliphatic heterocycles. The van der Waals surface area contributed by atoms with E-state index in [9.17, 15) is 9.18 Å². The molecule has 1 heterocycles. The molecule has 0 bridgehead atoms. The fraction of sp³-hybridized carbons (Fsp3) is 0.333. The van der Waals surface area contributed by atoms with E-state index in [0.717, 1.165) is 53.4 Å². The Morgan fingerprint density at radius 1 is 1.17 bits per heavy atom. The van der Waals surface area contributed by atoms with E-state index in [1.807, 2.05) is 19.1 Å². The second-order valence-corrected chi connectivity index (χ2v) is 8.56. The summed E-state index contributed by atoms with van der Waals surface area (Å²) < 4.78 is 13.2. The first-order chi connectivity index (χ1) is 14.4. The van der Waals surface area contributed by atoms with Gasteiger partial charge in [-0.25, -0.2) is 4.39 Å². The van der Waals surface area contributed by atoms with Crippen molar-refractivity contribution in [3.8, 4) is 0 Å². The normalized spacial score (nSPS) is 14.2. The first-order valence-electron chi connectivity index (χ1n) is 10.4. The average molecular weight is 424 g/mol. The van der Waals surface area contributed by atoms with Crippen LogP contribution in [-0.2, 0) is 6.54 Å². The topological polar surface area (TPSA) is 48.1 Å². The van der Waals surface area contributed by atoms with Crippen molar-refractivity contribution in [2.75, 3.05) is 5.32 Å². The third-order valence-electron chi connectivity index (χ3n) is 5.85. The number of H-pyrrole nitrogens is 1. The molecule has 0 spiro atoms. The minimum Gasteiger partial charge on any atom is -0.342 e. The highest BCUT2D eigenvalue weighted by Crippen LogP contribution is 2.26. The van der Waals surface area contributed by atoms with Crippen LogP contribution in [0.25, 0.3) is 10.9 Å².